The number of anilines is 1. The number of hydrogen-bond acceptors (Lipinski definition) is 6. The molecule has 0 fully saturated rings. The summed E-state index contributed by atoms with van der Waals surface area (Å²) in [6, 6.07) is 4.67. The predicted molar refractivity (Wildman–Crippen MR) is 63.6 cm³/mol. The zero-order chi connectivity index (χ0) is 13.8. The van der Waals surface area contributed by atoms with Crippen LogP contribution in [0.25, 0.3) is 0 Å². The molecule has 0 radical (unpaired) electrons. The Labute approximate surface area is 108 Å². The molecule has 2 heterocycles. The van der Waals surface area contributed by atoms with E-state index in [2.05, 4.69) is 10.5 Å². The summed E-state index contributed by atoms with van der Waals surface area (Å²) in [5.74, 6) is 0.285. The third-order valence-corrected chi connectivity index (χ3v) is 2.17. The van der Waals surface area contributed by atoms with Crippen LogP contribution in [0.15, 0.2) is 27.1 Å². The first-order chi connectivity index (χ1) is 9.04. The van der Waals surface area contributed by atoms with Crippen molar-refractivity contribution in [3.63, 3.8) is 0 Å². The van der Waals surface area contributed by atoms with Crippen LogP contribution in [0.2, 0.25) is 0 Å². The molecule has 1 N–H and O–H groups in total. The van der Waals surface area contributed by atoms with E-state index in [4.69, 9.17) is 13.7 Å². The molecule has 0 aromatic carbocycles. The molecule has 0 aliphatic heterocycles. The maximum absolute atomic E-state index is 11.5. The van der Waals surface area contributed by atoms with Crippen molar-refractivity contribution in [2.45, 2.75) is 13.8 Å². The van der Waals surface area contributed by atoms with Crippen molar-refractivity contribution >= 4 is 17.7 Å². The standard InChI is InChI=1S/C12H12N2O5/c1-7-3-4-9(18-7)12(16)17-6-11(15)13-10-5-8(2)19-14-10/h3-5H,6H2,1-2H3,(H,13,14,15). The maximum atomic E-state index is 11.5. The number of nitrogens with one attached hydrogen (secondary N) is 1. The summed E-state index contributed by atoms with van der Waals surface area (Å²) in [7, 11) is 0. The van der Waals surface area contributed by atoms with Gasteiger partial charge in [0.2, 0.25) is 5.76 Å². The van der Waals surface area contributed by atoms with Gasteiger partial charge >= 0.3 is 5.97 Å². The van der Waals surface area contributed by atoms with Crippen LogP contribution in [-0.4, -0.2) is 23.6 Å². The largest absolute Gasteiger partial charge is 0.454 e. The molecule has 7 heteroatoms. The van der Waals surface area contributed by atoms with Crippen molar-refractivity contribution in [3.05, 3.63) is 35.5 Å². The number of amides is 1. The van der Waals surface area contributed by atoms with Gasteiger partial charge in [0.1, 0.15) is 11.5 Å². The highest BCUT2D eigenvalue weighted by Crippen LogP contribution is 2.09. The van der Waals surface area contributed by atoms with Crippen LogP contribution in [0.4, 0.5) is 5.82 Å². The van der Waals surface area contributed by atoms with Crippen molar-refractivity contribution in [1.29, 1.82) is 0 Å². The molecular weight excluding hydrogens is 252 g/mol. The molecule has 2 aromatic rings. The quantitative estimate of drug-likeness (QED) is 0.844. The SMILES string of the molecule is Cc1cc(NC(=O)COC(=O)c2ccc(C)o2)no1. The van der Waals surface area contributed by atoms with Gasteiger partial charge in [0.25, 0.3) is 5.91 Å². The average molecular weight is 264 g/mol. The molecule has 0 saturated carbocycles. The predicted octanol–water partition coefficient (Wildman–Crippen LogP) is 1.68. The number of hydrogen-bond donors (Lipinski definition) is 1. The molecule has 2 rings (SSSR count). The van der Waals surface area contributed by atoms with Crippen molar-refractivity contribution in [3.8, 4) is 0 Å². The summed E-state index contributed by atoms with van der Waals surface area (Å²) in [5.41, 5.74) is 0. The smallest absolute Gasteiger partial charge is 0.374 e. The Balaban J connectivity index is 1.82. The molecule has 1 amide bonds. The summed E-state index contributed by atoms with van der Waals surface area (Å²) in [5, 5.41) is 6.00. The second-order valence-corrected chi connectivity index (χ2v) is 3.86. The van der Waals surface area contributed by atoms with E-state index in [0.29, 0.717) is 11.5 Å². The highest BCUT2D eigenvalue weighted by atomic mass is 16.5. The molecule has 0 bridgehead atoms. The Bertz CT molecular complexity index is 599. The minimum atomic E-state index is -0.695. The third-order valence-electron chi connectivity index (χ3n) is 2.17. The number of aryl methyl sites for hydroxylation is 2. The summed E-state index contributed by atoms with van der Waals surface area (Å²) in [4.78, 5) is 23.0. The molecule has 0 atom stereocenters. The minimum absolute atomic E-state index is 0.0579. The fourth-order valence-electron chi connectivity index (χ4n) is 1.35. The van der Waals surface area contributed by atoms with Crippen LogP contribution in [0.5, 0.6) is 0 Å². The minimum Gasteiger partial charge on any atom is -0.454 e. The van der Waals surface area contributed by atoms with Crippen molar-refractivity contribution in [2.24, 2.45) is 0 Å². The van der Waals surface area contributed by atoms with Gasteiger partial charge in [-0.05, 0) is 26.0 Å². The maximum Gasteiger partial charge on any atom is 0.374 e. The van der Waals surface area contributed by atoms with Crippen LogP contribution in [-0.2, 0) is 9.53 Å². The Morgan fingerprint density at radius 3 is 2.68 bits per heavy atom. The van der Waals surface area contributed by atoms with Gasteiger partial charge in [-0.25, -0.2) is 4.79 Å². The molecule has 0 aliphatic carbocycles. The van der Waals surface area contributed by atoms with Gasteiger partial charge in [-0.15, -0.1) is 0 Å². The topological polar surface area (TPSA) is 94.6 Å². The molecule has 7 nitrogen and oxygen atoms in total. The van der Waals surface area contributed by atoms with Gasteiger partial charge in [0.05, 0.1) is 0 Å². The summed E-state index contributed by atoms with van der Waals surface area (Å²) >= 11 is 0. The number of aromatic nitrogens is 1. The molecular formula is C12H12N2O5. The molecule has 0 aliphatic rings. The summed E-state index contributed by atoms with van der Waals surface area (Å²) < 4.78 is 14.6. The zero-order valence-corrected chi connectivity index (χ0v) is 10.4. The molecule has 19 heavy (non-hydrogen) atoms. The highest BCUT2D eigenvalue weighted by Gasteiger charge is 2.14. The number of carbonyl (C=O) groups is 2. The average Bonchev–Trinajstić information content (AvgIpc) is 2.95. The molecule has 100 valence electrons. The number of nitrogens with zero attached hydrogens (tertiary/aromatic N) is 1. The third kappa shape index (κ3) is 3.44. The lowest BCUT2D eigenvalue weighted by molar-refractivity contribution is -0.119. The molecule has 0 spiro atoms. The normalized spacial score (nSPS) is 10.2. The summed E-state index contributed by atoms with van der Waals surface area (Å²) in [6.45, 7) is 2.98. The Kier molecular flexibility index (Phi) is 3.65. The van der Waals surface area contributed by atoms with Crippen LogP contribution < -0.4 is 5.32 Å². The number of ether oxygens (including phenoxy) is 1. The number of furan rings is 1. The van der Waals surface area contributed by atoms with E-state index in [1.807, 2.05) is 0 Å². The fraction of sp³-hybridized carbons (Fsp3) is 0.250. The Morgan fingerprint density at radius 2 is 2.11 bits per heavy atom. The first-order valence-electron chi connectivity index (χ1n) is 5.51. The monoisotopic (exact) mass is 264 g/mol. The van der Waals surface area contributed by atoms with E-state index in [9.17, 15) is 9.59 Å². The lowest BCUT2D eigenvalue weighted by Gasteiger charge is -2.02. The van der Waals surface area contributed by atoms with Gasteiger partial charge in [0.15, 0.2) is 12.4 Å². The highest BCUT2D eigenvalue weighted by molar-refractivity contribution is 5.93. The van der Waals surface area contributed by atoms with E-state index in [1.165, 1.54) is 6.07 Å². The van der Waals surface area contributed by atoms with Crippen molar-refractivity contribution < 1.29 is 23.3 Å². The number of rotatable bonds is 4. The van der Waals surface area contributed by atoms with Gasteiger partial charge in [-0.1, -0.05) is 5.16 Å². The lowest BCUT2D eigenvalue weighted by Crippen LogP contribution is -2.20. The molecule has 0 saturated heterocycles. The van der Waals surface area contributed by atoms with Crippen molar-refractivity contribution in [2.75, 3.05) is 11.9 Å². The van der Waals surface area contributed by atoms with Crippen LogP contribution in [0, 0.1) is 13.8 Å². The summed E-state index contributed by atoms with van der Waals surface area (Å²) in [6.07, 6.45) is 0. The second-order valence-electron chi connectivity index (χ2n) is 3.86. The lowest BCUT2D eigenvalue weighted by atomic mass is 10.4. The van der Waals surface area contributed by atoms with E-state index < -0.39 is 18.5 Å². The first kappa shape index (κ1) is 12.9. The van der Waals surface area contributed by atoms with E-state index >= 15 is 0 Å². The second kappa shape index (κ2) is 5.38. The van der Waals surface area contributed by atoms with Gasteiger partial charge in [0, 0.05) is 6.07 Å². The van der Waals surface area contributed by atoms with Crippen LogP contribution >= 0.6 is 0 Å². The number of carbonyl (C=O) groups excluding carboxylic acids is 2. The van der Waals surface area contributed by atoms with E-state index in [-0.39, 0.29) is 11.6 Å². The zero-order valence-electron chi connectivity index (χ0n) is 10.4. The Morgan fingerprint density at radius 1 is 1.32 bits per heavy atom. The first-order valence-corrected chi connectivity index (χ1v) is 5.51. The fourth-order valence-corrected chi connectivity index (χ4v) is 1.35. The van der Waals surface area contributed by atoms with E-state index in [1.54, 1.807) is 26.0 Å². The molecule has 0 unspecified atom stereocenters. The number of esters is 1. The molecule has 2 aromatic heterocycles. The van der Waals surface area contributed by atoms with Gasteiger partial charge in [-0.2, -0.15) is 0 Å². The Hall–Kier alpha value is -2.57. The van der Waals surface area contributed by atoms with E-state index in [0.717, 1.165) is 0 Å². The van der Waals surface area contributed by atoms with Gasteiger partial charge < -0.3 is 19.0 Å². The van der Waals surface area contributed by atoms with Crippen LogP contribution in [0.1, 0.15) is 22.1 Å². The van der Waals surface area contributed by atoms with Crippen molar-refractivity contribution in [1.82, 2.24) is 5.16 Å². The van der Waals surface area contributed by atoms with Gasteiger partial charge in [-0.3, -0.25) is 4.79 Å². The van der Waals surface area contributed by atoms with Crippen LogP contribution in [0.3, 0.4) is 0 Å².